The lowest BCUT2D eigenvalue weighted by Gasteiger charge is -2.72. The molecule has 56 heavy (non-hydrogen) atoms. The molecule has 1 aliphatic heterocycles. The second kappa shape index (κ2) is 13.2. The number of hydrogen-bond acceptors (Lipinski definition) is 12. The molecule has 0 amide bonds. The molecule has 0 spiro atoms. The monoisotopic (exact) mass is 780 g/mol. The Hall–Kier alpha value is -3.17. The average molecular weight is 780 g/mol. The number of aromatic nitrogens is 8. The van der Waals surface area contributed by atoms with Gasteiger partial charge in [-0.15, -0.1) is 19.8 Å². The number of allylic oxidation sites excluding steroid dienone is 1. The number of carboxylic acids is 1. The zero-order valence-corrected chi connectivity index (χ0v) is 36.0. The van der Waals surface area contributed by atoms with Crippen molar-refractivity contribution in [3.05, 3.63) is 11.6 Å². The highest BCUT2D eigenvalue weighted by molar-refractivity contribution is 5.73. The molecule has 15 nitrogen and oxygen atoms in total. The van der Waals surface area contributed by atoms with E-state index in [0.717, 1.165) is 32.2 Å². The molecule has 312 valence electrons. The Labute approximate surface area is 332 Å². The van der Waals surface area contributed by atoms with Crippen LogP contribution in [0.4, 0.5) is 11.9 Å². The van der Waals surface area contributed by atoms with Gasteiger partial charge in [-0.05, 0) is 107 Å². The normalized spacial score (nSPS) is 39.5. The van der Waals surface area contributed by atoms with Crippen LogP contribution < -0.4 is 16.8 Å². The van der Waals surface area contributed by atoms with Gasteiger partial charge in [-0.2, -0.15) is 0 Å². The first-order chi connectivity index (χ1) is 26.0. The molecular weight excluding hydrogens is 711 g/mol. The first kappa shape index (κ1) is 41.0. The van der Waals surface area contributed by atoms with E-state index in [9.17, 15) is 9.90 Å². The van der Waals surface area contributed by atoms with Crippen molar-refractivity contribution in [3.8, 4) is 0 Å². The topological polar surface area (TPSA) is 207 Å². The fraction of sp³-hybridized carbons (Fsp3) is 0.878. The Morgan fingerprint density at radius 1 is 1.00 bits per heavy atom. The predicted molar refractivity (Wildman–Crippen MR) is 213 cm³/mol. The van der Waals surface area contributed by atoms with Crippen LogP contribution in [0.5, 0.6) is 0 Å². The number of nitrogen functional groups attached to an aromatic ring is 2. The van der Waals surface area contributed by atoms with Crippen molar-refractivity contribution in [2.24, 2.45) is 62.1 Å². The minimum Gasteiger partial charge on any atom is -0.481 e. The summed E-state index contributed by atoms with van der Waals surface area (Å²) in [6, 6.07) is 0. The Bertz CT molecular complexity index is 1810. The van der Waals surface area contributed by atoms with E-state index in [1.54, 1.807) is 9.59 Å². The summed E-state index contributed by atoms with van der Waals surface area (Å²) < 4.78 is 14.5. The molecule has 5 aliphatic rings. The molecule has 6 N–H and O–H groups in total. The lowest BCUT2D eigenvalue weighted by molar-refractivity contribution is -0.289. The molecular formula is C41H69N11O4. The van der Waals surface area contributed by atoms with Crippen LogP contribution in [0.2, 0.25) is 0 Å². The number of nitrogens with zero attached hydrogens (tertiary/aromatic N) is 8. The van der Waals surface area contributed by atoms with E-state index < -0.39 is 45.4 Å². The summed E-state index contributed by atoms with van der Waals surface area (Å²) in [5.41, 5.74) is 9.62. The summed E-state index contributed by atoms with van der Waals surface area (Å²) in [4.78, 5) is 16.8. The van der Waals surface area contributed by atoms with Crippen molar-refractivity contribution in [1.29, 1.82) is 0 Å². The number of carboxylic acid groups (broad SMARTS) is 1. The van der Waals surface area contributed by atoms with Crippen molar-refractivity contribution >= 4 is 17.9 Å². The van der Waals surface area contributed by atoms with Gasteiger partial charge >= 0.3 is 5.97 Å². The van der Waals surface area contributed by atoms with Crippen LogP contribution in [0, 0.1) is 62.1 Å². The standard InChI is InChI=1S/C41H69N11O4/c1-13-44-39(12,34(5,6)7)22-56-31-40-23-55-21-35(8,20-41(31,51-47-32(42)45-49-51)52-48-33(43)46-50-52)28(40)15-14-26-27(40)16-17-38(11)29(30(53)54)36(9,25(4)24(2)3)18-19-37(26,38)10/h16,24-26,28-29,31,44H,13-15,17-23H2,1-12H3,(H2,42,47)(H2,43,48)(H,53,54)/t25-,26?,28?,29-,31-,35?,36-,37?,38+,39+,40?/m1/s1. The molecule has 2 aromatic rings. The van der Waals surface area contributed by atoms with Gasteiger partial charge in [0.25, 0.3) is 11.9 Å². The molecule has 4 fully saturated rings. The van der Waals surface area contributed by atoms with Crippen molar-refractivity contribution in [1.82, 2.24) is 45.7 Å². The number of anilines is 2. The van der Waals surface area contributed by atoms with E-state index in [1.165, 1.54) is 5.57 Å². The summed E-state index contributed by atoms with van der Waals surface area (Å²) in [6.07, 6.45) is 6.50. The van der Waals surface area contributed by atoms with Gasteiger partial charge in [-0.1, -0.05) is 98.0 Å². The second-order valence-corrected chi connectivity index (χ2v) is 21.1. The van der Waals surface area contributed by atoms with Crippen LogP contribution in [0.3, 0.4) is 0 Å². The Morgan fingerprint density at radius 3 is 2.14 bits per heavy atom. The first-order valence-corrected chi connectivity index (χ1v) is 21.0. The number of aliphatic carboxylic acids is 1. The molecule has 0 radical (unpaired) electrons. The number of likely N-dealkylation sites (N-methyl/N-ethyl adjacent to an activating group) is 1. The smallest absolute Gasteiger partial charge is 0.307 e. The number of carbonyl (C=O) groups is 1. The van der Waals surface area contributed by atoms with Gasteiger partial charge in [0.05, 0.1) is 25.7 Å². The molecule has 5 unspecified atom stereocenters. The Balaban J connectivity index is 1.49. The molecule has 1 saturated heterocycles. The largest absolute Gasteiger partial charge is 0.481 e. The number of fused-ring (bicyclic) bond motifs is 3. The van der Waals surface area contributed by atoms with E-state index in [-0.39, 0.29) is 45.9 Å². The highest BCUT2D eigenvalue weighted by Crippen LogP contribution is 2.76. The zero-order valence-electron chi connectivity index (χ0n) is 36.0. The van der Waals surface area contributed by atoms with Gasteiger partial charge in [0, 0.05) is 17.4 Å². The quantitative estimate of drug-likeness (QED) is 0.223. The Morgan fingerprint density at radius 2 is 1.62 bits per heavy atom. The van der Waals surface area contributed by atoms with Crippen molar-refractivity contribution in [2.75, 3.05) is 37.8 Å². The minimum absolute atomic E-state index is 0.0249. The summed E-state index contributed by atoms with van der Waals surface area (Å²) >= 11 is 0. The predicted octanol–water partition coefficient (Wildman–Crippen LogP) is 5.41. The first-order valence-electron chi connectivity index (χ1n) is 21.0. The molecule has 4 aliphatic carbocycles. The van der Waals surface area contributed by atoms with E-state index in [0.29, 0.717) is 38.6 Å². The van der Waals surface area contributed by atoms with Gasteiger partial charge in [-0.3, -0.25) is 4.79 Å². The second-order valence-electron chi connectivity index (χ2n) is 21.1. The summed E-state index contributed by atoms with van der Waals surface area (Å²) in [6.45, 7) is 29.0. The van der Waals surface area contributed by atoms with Crippen LogP contribution in [-0.4, -0.2) is 89.5 Å². The number of hydrogen-bond donors (Lipinski definition) is 4. The van der Waals surface area contributed by atoms with Crippen LogP contribution in [-0.2, 0) is 19.9 Å². The van der Waals surface area contributed by atoms with Crippen LogP contribution in [0.25, 0.3) is 0 Å². The molecule has 2 bridgehead atoms. The highest BCUT2D eigenvalue weighted by atomic mass is 16.5. The number of nitrogens with one attached hydrogen (secondary N) is 1. The molecule has 2 aromatic heterocycles. The third-order valence-electron chi connectivity index (χ3n) is 17.3. The minimum atomic E-state index is -1.29. The maximum absolute atomic E-state index is 13.7. The van der Waals surface area contributed by atoms with Crippen LogP contribution in [0.1, 0.15) is 122 Å². The highest BCUT2D eigenvalue weighted by Gasteiger charge is 2.76. The maximum atomic E-state index is 13.7. The third kappa shape index (κ3) is 5.40. The molecule has 0 aromatic carbocycles. The van der Waals surface area contributed by atoms with Crippen molar-refractivity contribution in [2.45, 2.75) is 139 Å². The van der Waals surface area contributed by atoms with E-state index in [2.05, 4.69) is 115 Å². The molecule has 3 heterocycles. The van der Waals surface area contributed by atoms with Gasteiger partial charge in [-0.25, -0.2) is 0 Å². The average Bonchev–Trinajstić information content (AvgIpc) is 3.75. The summed E-state index contributed by atoms with van der Waals surface area (Å²) in [5.74, 6) is -0.300. The molecule has 15 heteroatoms. The van der Waals surface area contributed by atoms with Crippen molar-refractivity contribution in [3.63, 3.8) is 0 Å². The van der Waals surface area contributed by atoms with Crippen LogP contribution in [0.15, 0.2) is 11.6 Å². The summed E-state index contributed by atoms with van der Waals surface area (Å²) in [5, 5.41) is 42.0. The van der Waals surface area contributed by atoms with E-state index >= 15 is 0 Å². The van der Waals surface area contributed by atoms with Gasteiger partial charge in [0.2, 0.25) is 5.66 Å². The van der Waals surface area contributed by atoms with Gasteiger partial charge < -0.3 is 31.4 Å². The van der Waals surface area contributed by atoms with Crippen molar-refractivity contribution < 1.29 is 19.4 Å². The fourth-order valence-electron chi connectivity index (χ4n) is 13.4. The molecule has 11 atom stereocenters. The number of nitrogens with two attached hydrogens (primary N) is 2. The molecule has 3 saturated carbocycles. The van der Waals surface area contributed by atoms with Crippen LogP contribution >= 0.6 is 0 Å². The number of ether oxygens (including phenoxy) is 2. The summed E-state index contributed by atoms with van der Waals surface area (Å²) in [7, 11) is 0. The van der Waals surface area contributed by atoms with E-state index in [4.69, 9.17) is 31.1 Å². The van der Waals surface area contributed by atoms with Gasteiger partial charge in [0.1, 0.15) is 6.10 Å². The Kier molecular flexibility index (Phi) is 9.64. The SMILES string of the molecule is CCN[C@@](C)(CO[C@@H]1C23COCC(C)(CC1(n1nnc(N)n1)n1nnc(N)n1)C2CCC1C3=CC[C@@]2(C)[C@H](C(=O)O)[C@@](C)([C@H](C)C(C)C)CCC12C)C(C)(C)C. The number of tetrazole rings is 2. The fourth-order valence-corrected chi connectivity index (χ4v) is 13.4. The third-order valence-corrected chi connectivity index (χ3v) is 17.3. The van der Waals surface area contributed by atoms with E-state index in [1.807, 2.05) is 0 Å². The number of rotatable bonds is 10. The van der Waals surface area contributed by atoms with Gasteiger partial charge in [0.15, 0.2) is 0 Å². The lowest BCUT2D eigenvalue weighted by atomic mass is 9.34. The lowest BCUT2D eigenvalue weighted by Crippen LogP contribution is -2.76. The molecule has 7 rings (SSSR count). The maximum Gasteiger partial charge on any atom is 0.307 e. The zero-order chi connectivity index (χ0) is 41.1.